The van der Waals surface area contributed by atoms with Gasteiger partial charge in [-0.2, -0.15) is 0 Å². The lowest BCUT2D eigenvalue weighted by atomic mass is 10.3. The summed E-state index contributed by atoms with van der Waals surface area (Å²) in [7, 11) is 3.70. The second-order valence-corrected chi connectivity index (χ2v) is 4.01. The normalized spacial score (nSPS) is 10.3. The zero-order chi connectivity index (χ0) is 12.7. The molecule has 1 aromatic carbocycles. The van der Waals surface area contributed by atoms with Crippen molar-refractivity contribution < 1.29 is 9.53 Å². The van der Waals surface area contributed by atoms with Gasteiger partial charge >= 0.3 is 0 Å². The molecule has 1 aromatic rings. The average molecular weight is 237 g/mol. The molecular formula is C12H19N3O2. The molecule has 1 amide bonds. The molecule has 0 atom stereocenters. The number of carbonyl (C=O) groups is 1. The third-order valence-corrected chi connectivity index (χ3v) is 2.01. The van der Waals surface area contributed by atoms with E-state index >= 15 is 0 Å². The molecule has 94 valence electrons. The molecule has 0 aromatic heterocycles. The largest absolute Gasteiger partial charge is 0.492 e. The molecule has 0 radical (unpaired) electrons. The Hall–Kier alpha value is -1.75. The van der Waals surface area contributed by atoms with Crippen molar-refractivity contribution in [2.75, 3.05) is 39.5 Å². The number of anilines is 1. The number of amides is 1. The molecule has 0 aliphatic rings. The summed E-state index contributed by atoms with van der Waals surface area (Å²) in [5, 5.41) is 2.76. The summed E-state index contributed by atoms with van der Waals surface area (Å²) in [6, 6.07) is 7.21. The Morgan fingerprint density at radius 3 is 2.88 bits per heavy atom. The molecule has 0 spiro atoms. The first-order valence-corrected chi connectivity index (χ1v) is 5.47. The molecule has 17 heavy (non-hydrogen) atoms. The van der Waals surface area contributed by atoms with E-state index in [2.05, 4.69) is 5.32 Å². The maximum atomic E-state index is 11.3. The second-order valence-electron chi connectivity index (χ2n) is 4.01. The van der Waals surface area contributed by atoms with Crippen LogP contribution in [0.5, 0.6) is 5.75 Å². The molecule has 0 saturated heterocycles. The Labute approximate surface area is 102 Å². The van der Waals surface area contributed by atoms with Crippen LogP contribution < -0.4 is 15.8 Å². The summed E-state index contributed by atoms with van der Waals surface area (Å²) < 4.78 is 5.43. The number of nitrogens with two attached hydrogens (primary N) is 1. The van der Waals surface area contributed by atoms with E-state index in [1.165, 1.54) is 0 Å². The van der Waals surface area contributed by atoms with Gasteiger partial charge in [0, 0.05) is 11.8 Å². The van der Waals surface area contributed by atoms with E-state index in [0.717, 1.165) is 0 Å². The molecule has 0 unspecified atom stereocenters. The van der Waals surface area contributed by atoms with Crippen molar-refractivity contribution in [3.63, 3.8) is 0 Å². The number of hydrogen-bond donors (Lipinski definition) is 2. The first kappa shape index (κ1) is 13.3. The minimum atomic E-state index is -0.00817. The zero-order valence-corrected chi connectivity index (χ0v) is 10.3. The van der Waals surface area contributed by atoms with Crippen LogP contribution in [0.1, 0.15) is 0 Å². The number of carbonyl (C=O) groups excluding carboxylic acids is 1. The maximum Gasteiger partial charge on any atom is 0.234 e. The van der Waals surface area contributed by atoms with Crippen LogP contribution in [0.4, 0.5) is 5.69 Å². The predicted molar refractivity (Wildman–Crippen MR) is 67.9 cm³/mol. The summed E-state index contributed by atoms with van der Waals surface area (Å²) in [5.74, 6) is 0.707. The van der Waals surface area contributed by atoms with Gasteiger partial charge in [-0.05, 0) is 26.2 Å². The molecule has 0 aliphatic carbocycles. The Morgan fingerprint density at radius 1 is 1.47 bits per heavy atom. The van der Waals surface area contributed by atoms with Crippen molar-refractivity contribution in [3.05, 3.63) is 24.3 Å². The summed E-state index contributed by atoms with van der Waals surface area (Å²) in [6.07, 6.45) is 0. The molecule has 1 rings (SSSR count). The van der Waals surface area contributed by atoms with E-state index in [9.17, 15) is 4.79 Å². The van der Waals surface area contributed by atoms with Gasteiger partial charge in [-0.15, -0.1) is 0 Å². The van der Waals surface area contributed by atoms with E-state index in [-0.39, 0.29) is 5.91 Å². The monoisotopic (exact) mass is 237 g/mol. The summed E-state index contributed by atoms with van der Waals surface area (Å²) in [5.41, 5.74) is 6.28. The number of nitrogens with one attached hydrogen (secondary N) is 1. The standard InChI is InChI=1S/C12H19N3O2/c1-15(2)9-12(16)14-6-7-17-11-5-3-4-10(13)8-11/h3-5,8H,6-7,9,13H2,1-2H3,(H,14,16). The minimum absolute atomic E-state index is 0.00817. The highest BCUT2D eigenvalue weighted by Crippen LogP contribution is 2.13. The van der Waals surface area contributed by atoms with Crippen molar-refractivity contribution in [1.82, 2.24) is 10.2 Å². The van der Waals surface area contributed by atoms with Crippen molar-refractivity contribution in [2.45, 2.75) is 0 Å². The molecule has 0 aliphatic heterocycles. The fourth-order valence-corrected chi connectivity index (χ4v) is 1.31. The molecule has 5 heteroatoms. The molecule has 0 heterocycles. The first-order chi connectivity index (χ1) is 8.08. The topological polar surface area (TPSA) is 67.6 Å². The molecular weight excluding hydrogens is 218 g/mol. The SMILES string of the molecule is CN(C)CC(=O)NCCOc1cccc(N)c1. The molecule has 3 N–H and O–H groups in total. The van der Waals surface area contributed by atoms with Crippen molar-refractivity contribution >= 4 is 11.6 Å². The summed E-state index contributed by atoms with van der Waals surface area (Å²) in [4.78, 5) is 13.1. The Kier molecular flexibility index (Phi) is 5.29. The lowest BCUT2D eigenvalue weighted by molar-refractivity contribution is -0.121. The smallest absolute Gasteiger partial charge is 0.234 e. The highest BCUT2D eigenvalue weighted by atomic mass is 16.5. The predicted octanol–water partition coefficient (Wildman–Crippen LogP) is 0.325. The van der Waals surface area contributed by atoms with Crippen molar-refractivity contribution in [1.29, 1.82) is 0 Å². The Morgan fingerprint density at radius 2 is 2.24 bits per heavy atom. The van der Waals surface area contributed by atoms with E-state index in [0.29, 0.717) is 31.1 Å². The van der Waals surface area contributed by atoms with E-state index in [4.69, 9.17) is 10.5 Å². The summed E-state index contributed by atoms with van der Waals surface area (Å²) >= 11 is 0. The van der Waals surface area contributed by atoms with Crippen molar-refractivity contribution in [3.8, 4) is 5.75 Å². The maximum absolute atomic E-state index is 11.3. The van der Waals surface area contributed by atoms with Gasteiger partial charge < -0.3 is 20.7 Å². The highest BCUT2D eigenvalue weighted by molar-refractivity contribution is 5.77. The van der Waals surface area contributed by atoms with Crippen LogP contribution in [0.15, 0.2) is 24.3 Å². The Bertz CT molecular complexity index is 367. The number of ether oxygens (including phenoxy) is 1. The van der Waals surface area contributed by atoms with Gasteiger partial charge in [0.05, 0.1) is 13.1 Å². The van der Waals surface area contributed by atoms with Gasteiger partial charge in [-0.25, -0.2) is 0 Å². The van der Waals surface area contributed by atoms with E-state index in [1.54, 1.807) is 12.1 Å². The van der Waals surface area contributed by atoms with E-state index in [1.807, 2.05) is 31.1 Å². The average Bonchev–Trinajstić information content (AvgIpc) is 2.23. The van der Waals surface area contributed by atoms with Gasteiger partial charge in [-0.3, -0.25) is 4.79 Å². The molecule has 0 fully saturated rings. The van der Waals surface area contributed by atoms with Crippen LogP contribution in [-0.4, -0.2) is 44.6 Å². The third kappa shape index (κ3) is 5.77. The fourth-order valence-electron chi connectivity index (χ4n) is 1.31. The number of nitrogen functional groups attached to an aromatic ring is 1. The summed E-state index contributed by atoms with van der Waals surface area (Å²) in [6.45, 7) is 1.31. The number of benzene rings is 1. The quantitative estimate of drug-likeness (QED) is 0.552. The number of likely N-dealkylation sites (N-methyl/N-ethyl adjacent to an activating group) is 1. The minimum Gasteiger partial charge on any atom is -0.492 e. The van der Waals surface area contributed by atoms with E-state index < -0.39 is 0 Å². The van der Waals surface area contributed by atoms with Crippen LogP contribution >= 0.6 is 0 Å². The van der Waals surface area contributed by atoms with Crippen LogP contribution in [0.3, 0.4) is 0 Å². The van der Waals surface area contributed by atoms with Gasteiger partial charge in [0.15, 0.2) is 0 Å². The first-order valence-electron chi connectivity index (χ1n) is 5.47. The lowest BCUT2D eigenvalue weighted by Crippen LogP contribution is -2.35. The van der Waals surface area contributed by atoms with Crippen LogP contribution in [0.25, 0.3) is 0 Å². The van der Waals surface area contributed by atoms with Gasteiger partial charge in [-0.1, -0.05) is 6.07 Å². The van der Waals surface area contributed by atoms with Gasteiger partial charge in [0.1, 0.15) is 12.4 Å². The van der Waals surface area contributed by atoms with Crippen LogP contribution in [0.2, 0.25) is 0 Å². The zero-order valence-electron chi connectivity index (χ0n) is 10.3. The molecule has 5 nitrogen and oxygen atoms in total. The Balaban J connectivity index is 2.18. The number of hydrogen-bond acceptors (Lipinski definition) is 4. The van der Waals surface area contributed by atoms with Crippen molar-refractivity contribution in [2.24, 2.45) is 0 Å². The molecule has 0 saturated carbocycles. The number of rotatable bonds is 6. The number of nitrogens with zero attached hydrogens (tertiary/aromatic N) is 1. The highest BCUT2D eigenvalue weighted by Gasteiger charge is 2.01. The van der Waals surface area contributed by atoms with Gasteiger partial charge in [0.25, 0.3) is 0 Å². The molecule has 0 bridgehead atoms. The van der Waals surface area contributed by atoms with Crippen LogP contribution in [0, 0.1) is 0 Å². The fraction of sp³-hybridized carbons (Fsp3) is 0.417. The second kappa shape index (κ2) is 6.75. The van der Waals surface area contributed by atoms with Gasteiger partial charge in [0.2, 0.25) is 5.91 Å². The van der Waals surface area contributed by atoms with Crippen LogP contribution in [-0.2, 0) is 4.79 Å². The third-order valence-electron chi connectivity index (χ3n) is 2.01. The lowest BCUT2D eigenvalue weighted by Gasteiger charge is -2.11.